The Morgan fingerprint density at radius 1 is 0.786 bits per heavy atom. The summed E-state index contributed by atoms with van der Waals surface area (Å²) in [6.45, 7) is 3.41. The molecule has 0 bridgehead atoms. The third-order valence-corrected chi connectivity index (χ3v) is 5.69. The van der Waals surface area contributed by atoms with Gasteiger partial charge in [-0.3, -0.25) is 9.59 Å². The van der Waals surface area contributed by atoms with Gasteiger partial charge in [0.2, 0.25) is 0 Å². The van der Waals surface area contributed by atoms with E-state index in [9.17, 15) is 14.4 Å². The summed E-state index contributed by atoms with van der Waals surface area (Å²) in [6.07, 6.45) is 0.447. The number of benzene rings is 2. The van der Waals surface area contributed by atoms with Crippen LogP contribution in [-0.4, -0.2) is 11.6 Å². The molecule has 0 N–H and O–H groups in total. The predicted octanol–water partition coefficient (Wildman–Crippen LogP) is 4.11. The van der Waals surface area contributed by atoms with Crippen molar-refractivity contribution in [1.82, 2.24) is 0 Å². The van der Waals surface area contributed by atoms with E-state index in [0.717, 1.165) is 11.1 Å². The quantitative estimate of drug-likeness (QED) is 0.511. The molecule has 0 fully saturated rings. The molecule has 0 saturated carbocycles. The van der Waals surface area contributed by atoms with E-state index >= 15 is 0 Å². The summed E-state index contributed by atoms with van der Waals surface area (Å²) in [5.74, 6) is 0.0444. The third-order valence-electron chi connectivity index (χ3n) is 5.69. The summed E-state index contributed by atoms with van der Waals surface area (Å²) >= 11 is 0. The average molecular weight is 372 g/mol. The summed E-state index contributed by atoms with van der Waals surface area (Å²) in [5, 5.41) is 0. The molecule has 2 aromatic carbocycles. The van der Waals surface area contributed by atoms with Crippen molar-refractivity contribution in [3.05, 3.63) is 105 Å². The summed E-state index contributed by atoms with van der Waals surface area (Å²) in [5.41, 5.74) is 1.34. The van der Waals surface area contributed by atoms with Gasteiger partial charge < -0.3 is 4.42 Å². The van der Waals surface area contributed by atoms with E-state index in [0.29, 0.717) is 22.5 Å². The van der Waals surface area contributed by atoms with Gasteiger partial charge in [-0.2, -0.15) is 0 Å². The monoisotopic (exact) mass is 372 g/mol. The van der Waals surface area contributed by atoms with Gasteiger partial charge in [0, 0.05) is 16.7 Å². The molecule has 1 aliphatic rings. The van der Waals surface area contributed by atoms with Gasteiger partial charge in [-0.1, -0.05) is 60.7 Å². The Hall–Kier alpha value is -3.27. The molecule has 4 heteroatoms. The van der Waals surface area contributed by atoms with Crippen LogP contribution >= 0.6 is 0 Å². The Bertz CT molecular complexity index is 1070. The molecular formula is C24H20O4. The average Bonchev–Trinajstić information content (AvgIpc) is 3.15. The maximum atomic E-state index is 13.6. The highest BCUT2D eigenvalue weighted by molar-refractivity contribution is 6.20. The summed E-state index contributed by atoms with van der Waals surface area (Å²) in [6, 6.07) is 17.8. The van der Waals surface area contributed by atoms with Crippen molar-refractivity contribution >= 4 is 11.6 Å². The number of carbonyl (C=O) groups excluding carboxylic acids is 2. The second kappa shape index (κ2) is 6.71. The number of fused-ring (bicyclic) bond motifs is 1. The van der Waals surface area contributed by atoms with E-state index < -0.39 is 11.0 Å². The highest BCUT2D eigenvalue weighted by Crippen LogP contribution is 2.43. The van der Waals surface area contributed by atoms with Crippen LogP contribution in [0.4, 0.5) is 0 Å². The Balaban J connectivity index is 1.91. The van der Waals surface area contributed by atoms with E-state index in [-0.39, 0.29) is 24.4 Å². The van der Waals surface area contributed by atoms with E-state index in [2.05, 4.69) is 0 Å². The van der Waals surface area contributed by atoms with Crippen molar-refractivity contribution in [2.75, 3.05) is 0 Å². The van der Waals surface area contributed by atoms with Crippen LogP contribution in [-0.2, 0) is 12.8 Å². The molecule has 4 nitrogen and oxygen atoms in total. The topological polar surface area (TPSA) is 64.3 Å². The molecule has 0 unspecified atom stereocenters. The Kier molecular flexibility index (Phi) is 4.34. The Morgan fingerprint density at radius 3 is 1.75 bits per heavy atom. The number of ketones is 2. The van der Waals surface area contributed by atoms with Gasteiger partial charge >= 0.3 is 5.63 Å². The normalized spacial score (nSPS) is 14.5. The molecular weight excluding hydrogens is 352 g/mol. The Labute approximate surface area is 162 Å². The SMILES string of the molecule is Cc1oc(=O)c(C)c2c1CC(C(=O)c1ccccc1)(C(=O)c1ccccc1)C2. The molecule has 4 rings (SSSR count). The van der Waals surface area contributed by atoms with Gasteiger partial charge in [0.05, 0.1) is 0 Å². The zero-order valence-corrected chi connectivity index (χ0v) is 15.8. The van der Waals surface area contributed by atoms with E-state index in [1.165, 1.54) is 0 Å². The van der Waals surface area contributed by atoms with E-state index in [4.69, 9.17) is 4.42 Å². The molecule has 140 valence electrons. The van der Waals surface area contributed by atoms with Gasteiger partial charge in [-0.25, -0.2) is 4.79 Å². The number of Topliss-reactive ketones (excluding diaryl/α,β-unsaturated/α-hetero) is 2. The first-order valence-electron chi connectivity index (χ1n) is 9.26. The molecule has 3 aromatic rings. The van der Waals surface area contributed by atoms with Gasteiger partial charge in [0.15, 0.2) is 11.6 Å². The molecule has 1 aromatic heterocycles. The lowest BCUT2D eigenvalue weighted by Crippen LogP contribution is -2.40. The summed E-state index contributed by atoms with van der Waals surface area (Å²) < 4.78 is 5.34. The number of carbonyl (C=O) groups is 2. The van der Waals surface area contributed by atoms with Gasteiger partial charge in [-0.15, -0.1) is 0 Å². The van der Waals surface area contributed by atoms with Crippen LogP contribution in [0.25, 0.3) is 0 Å². The van der Waals surface area contributed by atoms with E-state index in [1.807, 2.05) is 12.1 Å². The molecule has 28 heavy (non-hydrogen) atoms. The first-order chi connectivity index (χ1) is 13.4. The van der Waals surface area contributed by atoms with Gasteiger partial charge in [-0.05, 0) is 37.8 Å². The first-order valence-corrected chi connectivity index (χ1v) is 9.26. The molecule has 0 radical (unpaired) electrons. The van der Waals surface area contributed by atoms with Crippen LogP contribution in [0.15, 0.2) is 69.9 Å². The lowest BCUT2D eigenvalue weighted by atomic mass is 9.72. The van der Waals surface area contributed by atoms with Gasteiger partial charge in [0.25, 0.3) is 0 Å². The maximum absolute atomic E-state index is 13.6. The third kappa shape index (κ3) is 2.73. The van der Waals surface area contributed by atoms with Crippen LogP contribution in [0, 0.1) is 19.3 Å². The second-order valence-electron chi connectivity index (χ2n) is 7.35. The summed E-state index contributed by atoms with van der Waals surface area (Å²) in [7, 11) is 0. The first kappa shape index (κ1) is 18.1. The van der Waals surface area contributed by atoms with Crippen molar-refractivity contribution in [2.45, 2.75) is 26.7 Å². The standard InChI is InChI=1S/C24H20O4/c1-15-19-13-24(14-20(19)16(2)28-23(15)27,21(25)17-9-5-3-6-10-17)22(26)18-11-7-4-8-12-18/h3-12H,13-14H2,1-2H3. The van der Waals surface area contributed by atoms with Gasteiger partial charge in [0.1, 0.15) is 11.2 Å². The van der Waals surface area contributed by atoms with Crippen LogP contribution in [0.2, 0.25) is 0 Å². The van der Waals surface area contributed by atoms with Crippen LogP contribution in [0.3, 0.4) is 0 Å². The fraction of sp³-hybridized carbons (Fsp3) is 0.208. The van der Waals surface area contributed by atoms with Crippen molar-refractivity contribution in [1.29, 1.82) is 0 Å². The van der Waals surface area contributed by atoms with Crippen molar-refractivity contribution in [3.63, 3.8) is 0 Å². The zero-order valence-electron chi connectivity index (χ0n) is 15.8. The number of hydrogen-bond donors (Lipinski definition) is 0. The lowest BCUT2D eigenvalue weighted by molar-refractivity contribution is 0.0674. The minimum absolute atomic E-state index is 0.210. The largest absolute Gasteiger partial charge is 0.428 e. The molecule has 0 spiro atoms. The molecule has 0 atom stereocenters. The van der Waals surface area contributed by atoms with Crippen LogP contribution in [0.1, 0.15) is 43.2 Å². The molecule has 0 saturated heterocycles. The molecule has 0 aliphatic heterocycles. The number of rotatable bonds is 4. The van der Waals surface area contributed by atoms with E-state index in [1.54, 1.807) is 62.4 Å². The Morgan fingerprint density at radius 2 is 1.25 bits per heavy atom. The van der Waals surface area contributed by atoms with Crippen molar-refractivity contribution in [3.8, 4) is 0 Å². The van der Waals surface area contributed by atoms with Crippen molar-refractivity contribution in [2.24, 2.45) is 5.41 Å². The molecule has 1 aliphatic carbocycles. The van der Waals surface area contributed by atoms with Crippen LogP contribution < -0.4 is 5.63 Å². The number of aryl methyl sites for hydroxylation is 1. The highest BCUT2D eigenvalue weighted by atomic mass is 16.4. The fourth-order valence-electron chi connectivity index (χ4n) is 4.13. The molecule has 1 heterocycles. The zero-order chi connectivity index (χ0) is 19.9. The van der Waals surface area contributed by atoms with Crippen molar-refractivity contribution < 1.29 is 14.0 Å². The minimum Gasteiger partial charge on any atom is -0.428 e. The maximum Gasteiger partial charge on any atom is 0.339 e. The number of hydrogen-bond acceptors (Lipinski definition) is 4. The fourth-order valence-corrected chi connectivity index (χ4v) is 4.13. The highest BCUT2D eigenvalue weighted by Gasteiger charge is 2.51. The second-order valence-corrected chi connectivity index (χ2v) is 7.35. The van der Waals surface area contributed by atoms with Crippen LogP contribution in [0.5, 0.6) is 0 Å². The smallest absolute Gasteiger partial charge is 0.339 e. The molecule has 0 amide bonds. The predicted molar refractivity (Wildman–Crippen MR) is 106 cm³/mol. The minimum atomic E-state index is -1.27. The lowest BCUT2D eigenvalue weighted by Gasteiger charge is -2.26. The summed E-state index contributed by atoms with van der Waals surface area (Å²) in [4.78, 5) is 39.4.